The van der Waals surface area contributed by atoms with Gasteiger partial charge in [0.1, 0.15) is 5.00 Å². The Bertz CT molecular complexity index is 1230. The number of hydrogen-bond donors (Lipinski definition) is 3. The van der Waals surface area contributed by atoms with Gasteiger partial charge in [0.05, 0.1) is 29.1 Å². The van der Waals surface area contributed by atoms with Gasteiger partial charge >= 0.3 is 17.8 Å². The largest absolute Gasteiger partial charge is 0.462 e. The molecule has 3 aromatic rings. The van der Waals surface area contributed by atoms with Gasteiger partial charge in [-0.25, -0.2) is 10.2 Å². The minimum atomic E-state index is -0.963. The predicted molar refractivity (Wildman–Crippen MR) is 125 cm³/mol. The van der Waals surface area contributed by atoms with Crippen LogP contribution in [0.15, 0.2) is 29.4 Å². The molecule has 0 saturated carbocycles. The van der Waals surface area contributed by atoms with Gasteiger partial charge in [-0.05, 0) is 44.2 Å². The van der Waals surface area contributed by atoms with E-state index in [0.717, 1.165) is 47.0 Å². The van der Waals surface area contributed by atoms with Crippen LogP contribution in [0.5, 0.6) is 0 Å². The van der Waals surface area contributed by atoms with Crippen LogP contribution in [-0.4, -0.2) is 35.6 Å². The number of anilines is 1. The number of H-pyrrole nitrogens is 1. The number of fused-ring (bicyclic) bond motifs is 2. The zero-order chi connectivity index (χ0) is 22.7. The van der Waals surface area contributed by atoms with Crippen molar-refractivity contribution in [2.24, 2.45) is 5.10 Å². The molecule has 10 heteroatoms. The Morgan fingerprint density at radius 1 is 1.22 bits per heavy atom. The summed E-state index contributed by atoms with van der Waals surface area (Å²) >= 11 is 7.62. The Hall–Kier alpha value is -3.17. The number of para-hydroxylation sites is 1. The zero-order valence-corrected chi connectivity index (χ0v) is 18.9. The number of nitrogens with zero attached hydrogens (tertiary/aromatic N) is 1. The number of aromatic amines is 1. The third-order valence-electron chi connectivity index (χ3n) is 5.11. The number of halogens is 1. The number of esters is 1. The van der Waals surface area contributed by atoms with Gasteiger partial charge in [-0.3, -0.25) is 9.59 Å². The first kappa shape index (κ1) is 22.0. The van der Waals surface area contributed by atoms with E-state index in [1.54, 1.807) is 6.92 Å². The van der Waals surface area contributed by atoms with E-state index in [-0.39, 0.29) is 6.61 Å². The molecule has 0 aliphatic heterocycles. The first-order chi connectivity index (χ1) is 15.5. The van der Waals surface area contributed by atoms with Gasteiger partial charge in [-0.15, -0.1) is 11.3 Å². The fourth-order valence-corrected chi connectivity index (χ4v) is 5.19. The molecular formula is C22H21ClN4O4S. The maximum Gasteiger partial charge on any atom is 0.341 e. The number of hydrazone groups is 1. The highest BCUT2D eigenvalue weighted by molar-refractivity contribution is 7.17. The number of carbonyl (C=O) groups is 3. The molecule has 0 radical (unpaired) electrons. The number of nitrogens with one attached hydrogen (secondary N) is 3. The fraction of sp³-hybridized carbons (Fsp3) is 0.273. The van der Waals surface area contributed by atoms with Crippen LogP contribution in [0.1, 0.15) is 46.3 Å². The van der Waals surface area contributed by atoms with Gasteiger partial charge < -0.3 is 15.0 Å². The number of carbonyl (C=O) groups excluding carboxylic acids is 3. The highest BCUT2D eigenvalue weighted by atomic mass is 35.5. The Morgan fingerprint density at radius 3 is 2.78 bits per heavy atom. The summed E-state index contributed by atoms with van der Waals surface area (Å²) in [7, 11) is 0. The van der Waals surface area contributed by atoms with Gasteiger partial charge in [0.2, 0.25) is 0 Å². The van der Waals surface area contributed by atoms with Crippen molar-refractivity contribution in [2.75, 3.05) is 11.9 Å². The molecule has 2 aromatic heterocycles. The van der Waals surface area contributed by atoms with Crippen LogP contribution in [0.25, 0.3) is 10.9 Å². The summed E-state index contributed by atoms with van der Waals surface area (Å²) in [6.45, 7) is 1.95. The molecule has 1 aliphatic rings. The molecule has 0 atom stereocenters. The van der Waals surface area contributed by atoms with Crippen LogP contribution in [0.3, 0.4) is 0 Å². The van der Waals surface area contributed by atoms with E-state index in [1.165, 1.54) is 17.6 Å². The molecule has 166 valence electrons. The molecule has 0 unspecified atom stereocenters. The van der Waals surface area contributed by atoms with Crippen molar-refractivity contribution >= 4 is 62.8 Å². The summed E-state index contributed by atoms with van der Waals surface area (Å²) in [5.74, 6) is -2.38. The monoisotopic (exact) mass is 472 g/mol. The summed E-state index contributed by atoms with van der Waals surface area (Å²) in [5.41, 5.74) is 4.77. The van der Waals surface area contributed by atoms with Crippen LogP contribution >= 0.6 is 22.9 Å². The van der Waals surface area contributed by atoms with E-state index >= 15 is 0 Å². The number of aromatic nitrogens is 1. The van der Waals surface area contributed by atoms with Gasteiger partial charge in [-0.1, -0.05) is 29.8 Å². The normalized spacial score (nSPS) is 13.2. The summed E-state index contributed by atoms with van der Waals surface area (Å²) < 4.78 is 5.16. The van der Waals surface area contributed by atoms with Crippen molar-refractivity contribution in [3.63, 3.8) is 0 Å². The van der Waals surface area contributed by atoms with E-state index < -0.39 is 17.8 Å². The van der Waals surface area contributed by atoms with Crippen LogP contribution in [-0.2, 0) is 27.2 Å². The molecule has 1 aromatic carbocycles. The van der Waals surface area contributed by atoms with Gasteiger partial charge in [0.15, 0.2) is 0 Å². The molecule has 32 heavy (non-hydrogen) atoms. The Balaban J connectivity index is 1.46. The molecule has 1 aliphatic carbocycles. The maximum absolute atomic E-state index is 12.5. The lowest BCUT2D eigenvalue weighted by molar-refractivity contribution is -0.136. The first-order valence-electron chi connectivity index (χ1n) is 10.2. The van der Waals surface area contributed by atoms with E-state index in [4.69, 9.17) is 16.3 Å². The lowest BCUT2D eigenvalue weighted by atomic mass is 9.95. The second kappa shape index (κ2) is 9.54. The van der Waals surface area contributed by atoms with E-state index in [1.807, 2.05) is 24.3 Å². The molecule has 0 fully saturated rings. The van der Waals surface area contributed by atoms with Crippen molar-refractivity contribution in [1.82, 2.24) is 10.4 Å². The smallest absolute Gasteiger partial charge is 0.341 e. The van der Waals surface area contributed by atoms with E-state index in [2.05, 4.69) is 20.8 Å². The molecule has 3 N–H and O–H groups in total. The van der Waals surface area contributed by atoms with Gasteiger partial charge in [0, 0.05) is 15.8 Å². The highest BCUT2D eigenvalue weighted by Crippen LogP contribution is 2.38. The molecule has 4 rings (SSSR count). The lowest BCUT2D eigenvalue weighted by Gasteiger charge is -2.12. The molecule has 2 heterocycles. The number of rotatable bonds is 5. The summed E-state index contributed by atoms with van der Waals surface area (Å²) in [4.78, 5) is 41.3. The van der Waals surface area contributed by atoms with Crippen LogP contribution in [0.2, 0.25) is 5.02 Å². The van der Waals surface area contributed by atoms with Crippen molar-refractivity contribution in [3.05, 3.63) is 51.0 Å². The van der Waals surface area contributed by atoms with Crippen molar-refractivity contribution in [2.45, 2.75) is 32.6 Å². The average Bonchev–Trinajstić information content (AvgIpc) is 3.31. The number of thiophene rings is 1. The van der Waals surface area contributed by atoms with Gasteiger partial charge in [0.25, 0.3) is 0 Å². The molecule has 0 spiro atoms. The SMILES string of the molecule is CCOC(=O)c1c(NC(=O)C(=O)N/N=C/c2[nH]c3ccccc3c2Cl)sc2c1CCCC2. The average molecular weight is 473 g/mol. The first-order valence-corrected chi connectivity index (χ1v) is 11.4. The highest BCUT2D eigenvalue weighted by Gasteiger charge is 2.28. The predicted octanol–water partition coefficient (Wildman–Crippen LogP) is 4.03. The van der Waals surface area contributed by atoms with E-state index in [0.29, 0.717) is 21.3 Å². The molecule has 2 amide bonds. The van der Waals surface area contributed by atoms with Crippen molar-refractivity contribution < 1.29 is 19.1 Å². The zero-order valence-electron chi connectivity index (χ0n) is 17.3. The minimum Gasteiger partial charge on any atom is -0.462 e. The number of ether oxygens (including phenoxy) is 1. The molecule has 0 bridgehead atoms. The maximum atomic E-state index is 12.5. The lowest BCUT2D eigenvalue weighted by Crippen LogP contribution is -2.32. The Kier molecular flexibility index (Phi) is 6.57. The molecule has 8 nitrogen and oxygen atoms in total. The number of amides is 2. The Labute approximate surface area is 193 Å². The quantitative estimate of drug-likeness (QED) is 0.225. The summed E-state index contributed by atoms with van der Waals surface area (Å²) in [6.07, 6.45) is 4.91. The van der Waals surface area contributed by atoms with Crippen molar-refractivity contribution in [1.29, 1.82) is 0 Å². The van der Waals surface area contributed by atoms with Crippen molar-refractivity contribution in [3.8, 4) is 0 Å². The second-order valence-electron chi connectivity index (χ2n) is 7.19. The van der Waals surface area contributed by atoms with Crippen LogP contribution < -0.4 is 10.7 Å². The third-order valence-corrected chi connectivity index (χ3v) is 6.73. The number of hydrogen-bond acceptors (Lipinski definition) is 6. The van der Waals surface area contributed by atoms with E-state index in [9.17, 15) is 14.4 Å². The molecular weight excluding hydrogens is 452 g/mol. The number of benzene rings is 1. The second-order valence-corrected chi connectivity index (χ2v) is 8.67. The standard InChI is InChI=1S/C22H21ClN4O4S/c1-2-31-22(30)17-13-8-4-6-10-16(13)32-21(17)26-19(28)20(29)27-24-11-15-18(23)12-7-3-5-9-14(12)25-15/h3,5,7,9,11,25H,2,4,6,8,10H2,1H3,(H,26,28)(H,27,29)/b24-11+. The molecule has 0 saturated heterocycles. The summed E-state index contributed by atoms with van der Waals surface area (Å²) in [6, 6.07) is 7.46. The summed E-state index contributed by atoms with van der Waals surface area (Å²) in [5, 5.41) is 7.99. The van der Waals surface area contributed by atoms with Crippen LogP contribution in [0, 0.1) is 0 Å². The minimum absolute atomic E-state index is 0.225. The van der Waals surface area contributed by atoms with Gasteiger partial charge in [-0.2, -0.15) is 5.10 Å². The van der Waals surface area contributed by atoms with Crippen LogP contribution in [0.4, 0.5) is 5.00 Å². The fourth-order valence-electron chi connectivity index (χ4n) is 3.66. The topological polar surface area (TPSA) is 113 Å². The number of aryl methyl sites for hydroxylation is 1. The Morgan fingerprint density at radius 2 is 2.00 bits per heavy atom. The third kappa shape index (κ3) is 4.39.